The van der Waals surface area contributed by atoms with Gasteiger partial charge >= 0.3 is 5.69 Å². The lowest BCUT2D eigenvalue weighted by Gasteiger charge is -2.22. The molecule has 39 heavy (non-hydrogen) atoms. The molecule has 4 rings (SSSR count). The molecule has 10 nitrogen and oxygen atoms in total. The zero-order valence-corrected chi connectivity index (χ0v) is 22.9. The average molecular weight is 534 g/mol. The third-order valence-electron chi connectivity index (χ3n) is 6.85. The van der Waals surface area contributed by atoms with Gasteiger partial charge in [-0.05, 0) is 54.3 Å². The highest BCUT2D eigenvalue weighted by Crippen LogP contribution is 2.39. The first-order chi connectivity index (χ1) is 18.7. The number of fused-ring (bicyclic) bond motifs is 2. The number of nitrogens with two attached hydrogens (primary N) is 1. The van der Waals surface area contributed by atoms with Crippen LogP contribution in [-0.4, -0.2) is 57.7 Å². The summed E-state index contributed by atoms with van der Waals surface area (Å²) in [6.07, 6.45) is 3.76. The number of aryl methyl sites for hydroxylation is 1. The van der Waals surface area contributed by atoms with E-state index in [0.717, 1.165) is 28.5 Å². The Morgan fingerprint density at radius 1 is 1.13 bits per heavy atom. The van der Waals surface area contributed by atoms with E-state index in [4.69, 9.17) is 10.5 Å². The molecule has 0 radical (unpaired) electrons. The smallest absolute Gasteiger partial charge is 0.331 e. The van der Waals surface area contributed by atoms with Crippen LogP contribution in [0.5, 0.6) is 5.75 Å². The molecule has 0 saturated carbocycles. The van der Waals surface area contributed by atoms with Crippen LogP contribution in [0.2, 0.25) is 0 Å². The van der Waals surface area contributed by atoms with Crippen molar-refractivity contribution in [2.75, 3.05) is 26.8 Å². The number of aliphatic imine (C=N–C) groups is 1. The van der Waals surface area contributed by atoms with Gasteiger partial charge in [-0.15, -0.1) is 0 Å². The number of aliphatic hydroxyl groups excluding tert-OH is 1. The molecule has 3 N–H and O–H groups in total. The van der Waals surface area contributed by atoms with Crippen molar-refractivity contribution < 1.29 is 14.6 Å². The van der Waals surface area contributed by atoms with E-state index in [-0.39, 0.29) is 25.5 Å². The number of ether oxygens (including phenoxy) is 1. The fourth-order valence-corrected chi connectivity index (χ4v) is 4.98. The summed E-state index contributed by atoms with van der Waals surface area (Å²) in [5.41, 5.74) is 9.07. The Labute approximate surface area is 226 Å². The van der Waals surface area contributed by atoms with Gasteiger partial charge in [-0.25, -0.2) is 9.79 Å². The molecule has 0 spiro atoms. The van der Waals surface area contributed by atoms with E-state index < -0.39 is 11.2 Å². The van der Waals surface area contributed by atoms with Crippen LogP contribution in [0, 0.1) is 0 Å². The highest BCUT2D eigenvalue weighted by molar-refractivity contribution is 6.06. The second-order valence-electron chi connectivity index (χ2n) is 9.61. The molecule has 1 aromatic heterocycles. The van der Waals surface area contributed by atoms with Gasteiger partial charge in [-0.3, -0.25) is 18.7 Å². The summed E-state index contributed by atoms with van der Waals surface area (Å²) in [5, 5.41) is 9.64. The minimum Gasteiger partial charge on any atom is -0.496 e. The number of amidine groups is 1. The second kappa shape index (κ2) is 11.7. The Morgan fingerprint density at radius 3 is 2.49 bits per heavy atom. The first kappa shape index (κ1) is 27.8. The highest BCUT2D eigenvalue weighted by atomic mass is 16.5. The van der Waals surface area contributed by atoms with Crippen LogP contribution >= 0.6 is 0 Å². The summed E-state index contributed by atoms with van der Waals surface area (Å²) < 4.78 is 8.15. The molecule has 10 heteroatoms. The van der Waals surface area contributed by atoms with Crippen molar-refractivity contribution in [2.24, 2.45) is 17.8 Å². The van der Waals surface area contributed by atoms with Crippen LogP contribution in [0.25, 0.3) is 28.1 Å². The van der Waals surface area contributed by atoms with Crippen LogP contribution in [0.4, 0.5) is 5.69 Å². The summed E-state index contributed by atoms with van der Waals surface area (Å²) in [4.78, 5) is 45.5. The summed E-state index contributed by atoms with van der Waals surface area (Å²) in [7, 11) is 3.15. The normalized spacial score (nSPS) is 12.9. The monoisotopic (exact) mass is 533 g/mol. The van der Waals surface area contributed by atoms with Crippen LogP contribution in [0.3, 0.4) is 0 Å². The molecule has 0 aliphatic carbocycles. The SMILES string of the molecule is CCCN(CCC)C(=O)C1=Cc2c(cc(-c3ccc4c(=O)n(CCO)c(=O)n(C)c4c3)cc2OC)N=C(N)C1. The minimum absolute atomic E-state index is 0.0573. The molecule has 0 unspecified atom stereocenters. The number of benzene rings is 2. The Bertz CT molecular complexity index is 1590. The van der Waals surface area contributed by atoms with Gasteiger partial charge in [-0.1, -0.05) is 19.9 Å². The lowest BCUT2D eigenvalue weighted by molar-refractivity contribution is -0.127. The molecular formula is C29H35N5O5. The lowest BCUT2D eigenvalue weighted by Crippen LogP contribution is -2.39. The first-order valence-corrected chi connectivity index (χ1v) is 13.1. The molecule has 1 aliphatic heterocycles. The molecule has 0 saturated heterocycles. The van der Waals surface area contributed by atoms with Crippen molar-refractivity contribution in [1.29, 1.82) is 0 Å². The van der Waals surface area contributed by atoms with Crippen molar-refractivity contribution in [3.8, 4) is 16.9 Å². The predicted molar refractivity (Wildman–Crippen MR) is 154 cm³/mol. The van der Waals surface area contributed by atoms with Gasteiger partial charge in [0.05, 0.1) is 36.9 Å². The Morgan fingerprint density at radius 2 is 1.85 bits per heavy atom. The Hall–Kier alpha value is -4.18. The summed E-state index contributed by atoms with van der Waals surface area (Å²) in [5.74, 6) is 0.792. The fourth-order valence-electron chi connectivity index (χ4n) is 4.98. The van der Waals surface area contributed by atoms with Crippen molar-refractivity contribution in [2.45, 2.75) is 39.7 Å². The summed E-state index contributed by atoms with van der Waals surface area (Å²) >= 11 is 0. The molecule has 2 aromatic carbocycles. The Kier molecular flexibility index (Phi) is 8.35. The maximum atomic E-state index is 13.4. The van der Waals surface area contributed by atoms with E-state index in [1.54, 1.807) is 32.4 Å². The van der Waals surface area contributed by atoms with Gasteiger partial charge in [0.25, 0.3) is 5.56 Å². The van der Waals surface area contributed by atoms with E-state index in [2.05, 4.69) is 4.99 Å². The number of aliphatic hydroxyl groups is 1. The molecule has 1 amide bonds. The topological polar surface area (TPSA) is 132 Å². The van der Waals surface area contributed by atoms with Crippen molar-refractivity contribution in [3.63, 3.8) is 0 Å². The highest BCUT2D eigenvalue weighted by Gasteiger charge is 2.23. The van der Waals surface area contributed by atoms with Gasteiger partial charge in [0.1, 0.15) is 11.6 Å². The fraction of sp³-hybridized carbons (Fsp3) is 0.379. The van der Waals surface area contributed by atoms with E-state index >= 15 is 0 Å². The molecular weight excluding hydrogens is 498 g/mol. The van der Waals surface area contributed by atoms with Gasteiger partial charge in [0.2, 0.25) is 5.91 Å². The average Bonchev–Trinajstić information content (AvgIpc) is 3.10. The van der Waals surface area contributed by atoms with E-state index in [0.29, 0.717) is 52.4 Å². The lowest BCUT2D eigenvalue weighted by atomic mass is 9.98. The summed E-state index contributed by atoms with van der Waals surface area (Å²) in [6.45, 7) is 5.04. The Balaban J connectivity index is 1.85. The van der Waals surface area contributed by atoms with Crippen molar-refractivity contribution in [3.05, 3.63) is 62.3 Å². The van der Waals surface area contributed by atoms with Gasteiger partial charge in [-0.2, -0.15) is 0 Å². The van der Waals surface area contributed by atoms with E-state index in [1.165, 1.54) is 4.57 Å². The van der Waals surface area contributed by atoms with Crippen LogP contribution in [0.1, 0.15) is 38.7 Å². The quantitative estimate of drug-likeness (QED) is 0.435. The third-order valence-corrected chi connectivity index (χ3v) is 6.85. The van der Waals surface area contributed by atoms with Crippen LogP contribution in [-0.2, 0) is 18.4 Å². The number of nitrogens with zero attached hydrogens (tertiary/aromatic N) is 4. The molecule has 2 heterocycles. The number of methoxy groups -OCH3 is 1. The zero-order valence-electron chi connectivity index (χ0n) is 22.9. The zero-order chi connectivity index (χ0) is 28.3. The maximum Gasteiger partial charge on any atom is 0.331 e. The van der Waals surface area contributed by atoms with Crippen LogP contribution in [0.15, 0.2) is 50.5 Å². The largest absolute Gasteiger partial charge is 0.496 e. The molecule has 206 valence electrons. The number of aromatic nitrogens is 2. The molecule has 3 aromatic rings. The summed E-state index contributed by atoms with van der Waals surface area (Å²) in [6, 6.07) is 8.93. The minimum atomic E-state index is -0.502. The maximum absolute atomic E-state index is 13.4. The standard InChI is InChI=1S/C29H35N5O5/c1-5-9-33(10-6-2)27(36)20-13-22-23(31-26(30)17-20)14-19(16-25(22)39-4)18-7-8-21-24(15-18)32(3)29(38)34(11-12-35)28(21)37/h7-8,13-16,35H,5-6,9-12,17H2,1-4H3,(H2,30,31). The van der Waals surface area contributed by atoms with Gasteiger partial charge in [0.15, 0.2) is 0 Å². The second-order valence-corrected chi connectivity index (χ2v) is 9.61. The van der Waals surface area contributed by atoms with Crippen molar-refractivity contribution >= 4 is 34.4 Å². The van der Waals surface area contributed by atoms with Gasteiger partial charge < -0.3 is 20.5 Å². The molecule has 0 fully saturated rings. The van der Waals surface area contributed by atoms with Gasteiger partial charge in [0, 0.05) is 37.7 Å². The van der Waals surface area contributed by atoms with E-state index in [1.807, 2.05) is 37.0 Å². The predicted octanol–water partition coefficient (Wildman–Crippen LogP) is 2.79. The number of amides is 1. The molecule has 0 atom stereocenters. The number of rotatable bonds is 9. The first-order valence-electron chi connectivity index (χ1n) is 13.1. The van der Waals surface area contributed by atoms with Crippen molar-refractivity contribution in [1.82, 2.24) is 14.0 Å². The molecule has 0 bridgehead atoms. The van der Waals surface area contributed by atoms with Crippen LogP contribution < -0.4 is 21.7 Å². The number of hydrogen-bond donors (Lipinski definition) is 2. The number of carbonyl (C=O) groups is 1. The molecule has 1 aliphatic rings. The number of carbonyl (C=O) groups excluding carboxylic acids is 1. The van der Waals surface area contributed by atoms with E-state index in [9.17, 15) is 19.5 Å². The number of hydrogen-bond acceptors (Lipinski definition) is 7. The third kappa shape index (κ3) is 5.37.